The molecule has 0 spiro atoms. The van der Waals surface area contributed by atoms with Crippen LogP contribution in [-0.2, 0) is 0 Å². The van der Waals surface area contributed by atoms with Crippen molar-refractivity contribution >= 4 is 16.4 Å². The summed E-state index contributed by atoms with van der Waals surface area (Å²) in [5.74, 6) is 0.842. The van der Waals surface area contributed by atoms with Gasteiger partial charge in [0.25, 0.3) is 0 Å². The molecule has 0 fully saturated rings. The van der Waals surface area contributed by atoms with Gasteiger partial charge in [-0.2, -0.15) is 5.10 Å². The fraction of sp³-hybridized carbons (Fsp3) is 0.0625. The zero-order valence-corrected chi connectivity index (χ0v) is 11.0. The van der Waals surface area contributed by atoms with Gasteiger partial charge in [0.1, 0.15) is 0 Å². The van der Waals surface area contributed by atoms with E-state index in [4.69, 9.17) is 4.98 Å². The van der Waals surface area contributed by atoms with Crippen LogP contribution < -0.4 is 0 Å². The van der Waals surface area contributed by atoms with E-state index in [1.807, 2.05) is 41.8 Å². The van der Waals surface area contributed by atoms with Crippen LogP contribution in [0.2, 0.25) is 0 Å². The van der Waals surface area contributed by atoms with Crippen molar-refractivity contribution in [3.63, 3.8) is 0 Å². The molecule has 0 saturated carbocycles. The van der Waals surface area contributed by atoms with E-state index >= 15 is 0 Å². The lowest BCUT2D eigenvalue weighted by Crippen LogP contribution is -1.99. The molecule has 0 bridgehead atoms. The predicted molar refractivity (Wildman–Crippen MR) is 78.5 cm³/mol. The fourth-order valence-electron chi connectivity index (χ4n) is 2.49. The zero-order valence-electron chi connectivity index (χ0n) is 11.0. The van der Waals surface area contributed by atoms with E-state index in [9.17, 15) is 0 Å². The average molecular weight is 260 g/mol. The van der Waals surface area contributed by atoms with Crippen LogP contribution in [0.25, 0.3) is 27.8 Å². The van der Waals surface area contributed by atoms with E-state index in [-0.39, 0.29) is 0 Å². The summed E-state index contributed by atoms with van der Waals surface area (Å²) < 4.78 is 1.91. The summed E-state index contributed by atoms with van der Waals surface area (Å²) in [6, 6.07) is 14.1. The summed E-state index contributed by atoms with van der Waals surface area (Å²) in [6.07, 6.45) is 3.54. The van der Waals surface area contributed by atoms with Crippen LogP contribution in [0.1, 0.15) is 5.69 Å². The summed E-state index contributed by atoms with van der Waals surface area (Å²) >= 11 is 0. The first-order valence-corrected chi connectivity index (χ1v) is 6.48. The number of aromatic nitrogens is 4. The first-order chi connectivity index (χ1) is 9.83. The number of rotatable bonds is 1. The number of fused-ring (bicyclic) bond motifs is 3. The zero-order chi connectivity index (χ0) is 13.5. The molecule has 0 N–H and O–H groups in total. The predicted octanol–water partition coefficient (Wildman–Crippen LogP) is 3.25. The molecule has 3 aromatic heterocycles. The number of hydrogen-bond acceptors (Lipinski definition) is 3. The molecule has 4 heteroatoms. The molecule has 3 heterocycles. The van der Waals surface area contributed by atoms with Crippen molar-refractivity contribution < 1.29 is 0 Å². The summed E-state index contributed by atoms with van der Waals surface area (Å²) in [4.78, 5) is 8.82. The molecule has 20 heavy (non-hydrogen) atoms. The lowest BCUT2D eigenvalue weighted by molar-refractivity contribution is 0.921. The average Bonchev–Trinajstić information content (AvgIpc) is 2.89. The van der Waals surface area contributed by atoms with Gasteiger partial charge in [-0.1, -0.05) is 18.2 Å². The highest BCUT2D eigenvalue weighted by atomic mass is 15.3. The maximum atomic E-state index is 4.76. The lowest BCUT2D eigenvalue weighted by Gasteiger charge is -2.07. The van der Waals surface area contributed by atoms with Gasteiger partial charge in [-0.05, 0) is 31.2 Å². The van der Waals surface area contributed by atoms with Gasteiger partial charge in [0, 0.05) is 23.3 Å². The summed E-state index contributed by atoms with van der Waals surface area (Å²) in [5.41, 5.74) is 4.06. The van der Waals surface area contributed by atoms with Gasteiger partial charge in [0.05, 0.1) is 16.7 Å². The van der Waals surface area contributed by atoms with Crippen LogP contribution in [0.5, 0.6) is 0 Å². The maximum absolute atomic E-state index is 4.76. The van der Waals surface area contributed by atoms with Gasteiger partial charge in [0.2, 0.25) is 0 Å². The fourth-order valence-corrected chi connectivity index (χ4v) is 2.49. The molecular formula is C16H12N4. The van der Waals surface area contributed by atoms with Crippen molar-refractivity contribution in [2.45, 2.75) is 6.92 Å². The molecule has 0 aliphatic heterocycles. The van der Waals surface area contributed by atoms with Crippen molar-refractivity contribution in [1.82, 2.24) is 19.6 Å². The molecule has 96 valence electrons. The Labute approximate surface area is 115 Å². The van der Waals surface area contributed by atoms with E-state index in [2.05, 4.69) is 22.2 Å². The smallest absolute Gasteiger partial charge is 0.162 e. The standard InChI is InChI=1S/C16H12N4/c1-11-10-15-13-4-2-3-5-14(13)18-16(20(15)19-11)12-6-8-17-9-7-12/h2-10H,1H3. The molecule has 4 rings (SSSR count). The largest absolute Gasteiger partial charge is 0.265 e. The van der Waals surface area contributed by atoms with Crippen LogP contribution in [-0.4, -0.2) is 19.6 Å². The number of benzene rings is 1. The molecule has 0 amide bonds. The minimum atomic E-state index is 0.842. The van der Waals surface area contributed by atoms with Crippen molar-refractivity contribution in [2.24, 2.45) is 0 Å². The van der Waals surface area contributed by atoms with Crippen molar-refractivity contribution in [2.75, 3.05) is 0 Å². The van der Waals surface area contributed by atoms with E-state index in [0.717, 1.165) is 33.5 Å². The molecule has 4 nitrogen and oxygen atoms in total. The highest BCUT2D eigenvalue weighted by Crippen LogP contribution is 2.25. The third kappa shape index (κ3) is 1.58. The Hall–Kier alpha value is -2.75. The van der Waals surface area contributed by atoms with Crippen LogP contribution >= 0.6 is 0 Å². The third-order valence-corrected chi connectivity index (χ3v) is 3.38. The second-order valence-electron chi connectivity index (χ2n) is 4.77. The van der Waals surface area contributed by atoms with Crippen LogP contribution in [0.15, 0.2) is 54.9 Å². The van der Waals surface area contributed by atoms with Gasteiger partial charge in [0.15, 0.2) is 5.82 Å². The van der Waals surface area contributed by atoms with Gasteiger partial charge in [-0.3, -0.25) is 4.98 Å². The van der Waals surface area contributed by atoms with E-state index in [1.165, 1.54) is 0 Å². The highest BCUT2D eigenvalue weighted by molar-refractivity contribution is 5.94. The quantitative estimate of drug-likeness (QED) is 0.527. The topological polar surface area (TPSA) is 43.1 Å². The lowest BCUT2D eigenvalue weighted by atomic mass is 10.2. The monoisotopic (exact) mass is 260 g/mol. The second-order valence-corrected chi connectivity index (χ2v) is 4.77. The molecule has 1 aromatic carbocycles. The molecule has 0 atom stereocenters. The summed E-state index contributed by atoms with van der Waals surface area (Å²) in [7, 11) is 0. The summed E-state index contributed by atoms with van der Waals surface area (Å²) in [6.45, 7) is 2.00. The van der Waals surface area contributed by atoms with Crippen molar-refractivity contribution in [3.8, 4) is 11.4 Å². The Morgan fingerprint density at radius 2 is 1.80 bits per heavy atom. The molecule has 4 aromatic rings. The molecular weight excluding hydrogens is 248 g/mol. The van der Waals surface area contributed by atoms with E-state index in [0.29, 0.717) is 0 Å². The Morgan fingerprint density at radius 3 is 2.65 bits per heavy atom. The first kappa shape index (κ1) is 11.1. The normalized spacial score (nSPS) is 11.2. The van der Waals surface area contributed by atoms with Crippen LogP contribution in [0, 0.1) is 6.92 Å². The molecule has 0 radical (unpaired) electrons. The number of aryl methyl sites for hydroxylation is 1. The number of hydrogen-bond donors (Lipinski definition) is 0. The minimum Gasteiger partial charge on any atom is -0.265 e. The summed E-state index contributed by atoms with van der Waals surface area (Å²) in [5, 5.41) is 5.69. The number of nitrogens with zero attached hydrogens (tertiary/aromatic N) is 4. The first-order valence-electron chi connectivity index (χ1n) is 6.48. The second kappa shape index (κ2) is 4.13. The Kier molecular flexibility index (Phi) is 2.29. The van der Waals surface area contributed by atoms with Crippen LogP contribution in [0.4, 0.5) is 0 Å². The van der Waals surface area contributed by atoms with Crippen molar-refractivity contribution in [3.05, 3.63) is 60.6 Å². The van der Waals surface area contributed by atoms with Gasteiger partial charge in [-0.15, -0.1) is 0 Å². The van der Waals surface area contributed by atoms with E-state index in [1.54, 1.807) is 12.4 Å². The Morgan fingerprint density at radius 1 is 1.00 bits per heavy atom. The number of pyridine rings is 1. The van der Waals surface area contributed by atoms with Gasteiger partial charge < -0.3 is 0 Å². The van der Waals surface area contributed by atoms with Gasteiger partial charge in [-0.25, -0.2) is 9.50 Å². The maximum Gasteiger partial charge on any atom is 0.162 e. The van der Waals surface area contributed by atoms with Crippen LogP contribution in [0.3, 0.4) is 0 Å². The SMILES string of the molecule is Cc1cc2c3ccccc3nc(-c3ccncc3)n2n1. The molecule has 0 aliphatic rings. The Bertz CT molecular complexity index is 910. The molecule has 0 aliphatic carbocycles. The highest BCUT2D eigenvalue weighted by Gasteiger charge is 2.11. The molecule has 0 saturated heterocycles. The Balaban J connectivity index is 2.18. The number of para-hydroxylation sites is 1. The van der Waals surface area contributed by atoms with E-state index < -0.39 is 0 Å². The minimum absolute atomic E-state index is 0.842. The molecule has 0 unspecified atom stereocenters. The third-order valence-electron chi connectivity index (χ3n) is 3.38. The van der Waals surface area contributed by atoms with Gasteiger partial charge >= 0.3 is 0 Å². The van der Waals surface area contributed by atoms with Crippen molar-refractivity contribution in [1.29, 1.82) is 0 Å².